The Morgan fingerprint density at radius 2 is 1.74 bits per heavy atom. The number of halogens is 6. The van der Waals surface area contributed by atoms with E-state index in [-0.39, 0.29) is 23.2 Å². The second-order valence-corrected chi connectivity index (χ2v) is 7.46. The fraction of sp³-hybridized carbons (Fsp3) is 0.318. The first-order valence-electron chi connectivity index (χ1n) is 10.2. The molecule has 35 heavy (non-hydrogen) atoms. The lowest BCUT2D eigenvalue weighted by atomic mass is 10.1. The Kier molecular flexibility index (Phi) is 8.46. The van der Waals surface area contributed by atoms with Gasteiger partial charge in [-0.2, -0.15) is 13.2 Å². The summed E-state index contributed by atoms with van der Waals surface area (Å²) in [6.07, 6.45) is -4.61. The van der Waals surface area contributed by atoms with E-state index in [0.29, 0.717) is 6.07 Å². The van der Waals surface area contributed by atoms with Crippen molar-refractivity contribution < 1.29 is 40.3 Å². The standard InChI is InChI=1S/C17H9F6N3O2.C5H11NO/c18-11-3-4-14(13(20)6-11)26(8-27)7-10-2-1-9(5-12(10)19)15-24-25-16(28-15)17(21,22)23;1-6-2-4-7-5-3-6/h1-6,8H,7H2;2-5H2,1H3. The molecule has 2 aromatic carbocycles. The van der Waals surface area contributed by atoms with Gasteiger partial charge in [0.25, 0.3) is 0 Å². The third-order valence-corrected chi connectivity index (χ3v) is 4.89. The van der Waals surface area contributed by atoms with Crippen molar-refractivity contribution >= 4 is 12.1 Å². The molecule has 4 rings (SSSR count). The van der Waals surface area contributed by atoms with Gasteiger partial charge in [-0.3, -0.25) is 4.79 Å². The van der Waals surface area contributed by atoms with Gasteiger partial charge in [0.05, 0.1) is 25.4 Å². The van der Waals surface area contributed by atoms with Crippen LogP contribution in [0.25, 0.3) is 11.5 Å². The fourth-order valence-electron chi connectivity index (χ4n) is 2.99. The first kappa shape index (κ1) is 26.2. The van der Waals surface area contributed by atoms with Crippen LogP contribution in [0.4, 0.5) is 32.0 Å². The van der Waals surface area contributed by atoms with E-state index in [9.17, 15) is 31.1 Å². The molecule has 0 unspecified atom stereocenters. The van der Waals surface area contributed by atoms with Crippen molar-refractivity contribution in [2.45, 2.75) is 12.7 Å². The van der Waals surface area contributed by atoms with E-state index < -0.39 is 42.0 Å². The zero-order valence-electron chi connectivity index (χ0n) is 18.4. The van der Waals surface area contributed by atoms with Crippen LogP contribution in [0.3, 0.4) is 0 Å². The summed E-state index contributed by atoms with van der Waals surface area (Å²) in [6, 6.07) is 5.73. The topological polar surface area (TPSA) is 71.7 Å². The summed E-state index contributed by atoms with van der Waals surface area (Å²) in [5.74, 6) is -4.89. The Morgan fingerprint density at radius 3 is 2.26 bits per heavy atom. The van der Waals surface area contributed by atoms with Crippen molar-refractivity contribution in [1.29, 1.82) is 0 Å². The van der Waals surface area contributed by atoms with Crippen LogP contribution < -0.4 is 4.90 Å². The van der Waals surface area contributed by atoms with Crippen molar-refractivity contribution in [2.24, 2.45) is 0 Å². The average molecular weight is 502 g/mol. The van der Waals surface area contributed by atoms with E-state index >= 15 is 0 Å². The van der Waals surface area contributed by atoms with Gasteiger partial charge in [0, 0.05) is 30.3 Å². The number of benzene rings is 2. The monoisotopic (exact) mass is 502 g/mol. The maximum atomic E-state index is 14.3. The highest BCUT2D eigenvalue weighted by Crippen LogP contribution is 2.31. The Balaban J connectivity index is 0.000000420. The summed E-state index contributed by atoms with van der Waals surface area (Å²) < 4.78 is 88.2. The third-order valence-electron chi connectivity index (χ3n) is 4.89. The predicted octanol–water partition coefficient (Wildman–Crippen LogP) is 4.28. The van der Waals surface area contributed by atoms with Crippen LogP contribution in [0, 0.1) is 17.5 Å². The number of anilines is 1. The van der Waals surface area contributed by atoms with Gasteiger partial charge in [0.15, 0.2) is 0 Å². The molecule has 1 aliphatic heterocycles. The first-order valence-corrected chi connectivity index (χ1v) is 10.2. The molecule has 0 radical (unpaired) electrons. The zero-order chi connectivity index (χ0) is 25.6. The fourth-order valence-corrected chi connectivity index (χ4v) is 2.99. The molecule has 0 saturated carbocycles. The molecule has 7 nitrogen and oxygen atoms in total. The Bertz CT molecular complexity index is 1150. The molecule has 0 bridgehead atoms. The number of alkyl halides is 3. The number of nitrogens with zero attached hydrogens (tertiary/aromatic N) is 4. The molecule has 3 aromatic rings. The number of amides is 1. The van der Waals surface area contributed by atoms with Gasteiger partial charge in [0.1, 0.15) is 17.5 Å². The molecule has 1 saturated heterocycles. The highest BCUT2D eigenvalue weighted by Gasteiger charge is 2.38. The van der Waals surface area contributed by atoms with E-state index in [4.69, 9.17) is 4.74 Å². The molecule has 2 heterocycles. The van der Waals surface area contributed by atoms with Gasteiger partial charge in [-0.05, 0) is 31.3 Å². The van der Waals surface area contributed by atoms with Crippen molar-refractivity contribution in [2.75, 3.05) is 38.3 Å². The minimum absolute atomic E-state index is 0.0739. The number of likely N-dealkylation sites (N-methyl/N-ethyl adjacent to an activating group) is 1. The first-order chi connectivity index (χ1) is 16.6. The van der Waals surface area contributed by atoms with Gasteiger partial charge < -0.3 is 19.0 Å². The SMILES string of the molecule is CN1CCOCC1.O=CN(Cc1ccc(-c2nnc(C(F)(F)F)o2)cc1F)c1ccc(F)cc1F. The summed E-state index contributed by atoms with van der Waals surface area (Å²) >= 11 is 0. The number of carbonyl (C=O) groups is 1. The minimum atomic E-state index is -4.84. The largest absolute Gasteiger partial charge is 0.470 e. The molecule has 0 atom stereocenters. The molecule has 1 fully saturated rings. The Labute approximate surface area is 195 Å². The smallest absolute Gasteiger partial charge is 0.413 e. The van der Waals surface area contributed by atoms with Crippen LogP contribution in [0.2, 0.25) is 0 Å². The van der Waals surface area contributed by atoms with E-state index in [1.165, 1.54) is 12.1 Å². The van der Waals surface area contributed by atoms with Crippen LogP contribution in [-0.4, -0.2) is 54.9 Å². The van der Waals surface area contributed by atoms with Gasteiger partial charge in [-0.1, -0.05) is 6.07 Å². The molecule has 1 aliphatic rings. The van der Waals surface area contributed by atoms with Crippen molar-refractivity contribution in [3.63, 3.8) is 0 Å². The summed E-state index contributed by atoms with van der Waals surface area (Å²) in [6.45, 7) is 3.61. The van der Waals surface area contributed by atoms with Crippen LogP contribution in [0.15, 0.2) is 40.8 Å². The number of hydrogen-bond donors (Lipinski definition) is 0. The average Bonchev–Trinajstić information content (AvgIpc) is 3.31. The maximum absolute atomic E-state index is 14.3. The highest BCUT2D eigenvalue weighted by atomic mass is 19.4. The quantitative estimate of drug-likeness (QED) is 0.383. The normalized spacial score (nSPS) is 14.3. The van der Waals surface area contributed by atoms with Crippen LogP contribution in [0.1, 0.15) is 11.5 Å². The third kappa shape index (κ3) is 7.02. The van der Waals surface area contributed by atoms with E-state index in [1.54, 1.807) is 0 Å². The van der Waals surface area contributed by atoms with Gasteiger partial charge in [-0.15, -0.1) is 10.2 Å². The highest BCUT2D eigenvalue weighted by molar-refractivity contribution is 5.75. The zero-order valence-corrected chi connectivity index (χ0v) is 18.4. The lowest BCUT2D eigenvalue weighted by molar-refractivity contribution is -0.156. The van der Waals surface area contributed by atoms with Crippen LogP contribution in [0.5, 0.6) is 0 Å². The second kappa shape index (κ2) is 11.3. The molecule has 0 N–H and O–H groups in total. The molecule has 13 heteroatoms. The van der Waals surface area contributed by atoms with Crippen LogP contribution in [-0.2, 0) is 22.3 Å². The maximum Gasteiger partial charge on any atom is 0.470 e. The number of ether oxygens (including phenoxy) is 1. The van der Waals surface area contributed by atoms with E-state index in [2.05, 4.69) is 26.6 Å². The molecular formula is C22H20F6N4O3. The van der Waals surface area contributed by atoms with Gasteiger partial charge in [0.2, 0.25) is 12.3 Å². The number of aromatic nitrogens is 2. The molecule has 1 aromatic heterocycles. The summed E-state index contributed by atoms with van der Waals surface area (Å²) in [5.41, 5.74) is -0.461. The molecule has 0 aliphatic carbocycles. The lowest BCUT2D eigenvalue weighted by Crippen LogP contribution is -2.32. The van der Waals surface area contributed by atoms with E-state index in [1.807, 2.05) is 0 Å². The van der Waals surface area contributed by atoms with Crippen molar-refractivity contribution in [3.8, 4) is 11.5 Å². The number of carbonyl (C=O) groups excluding carboxylic acids is 1. The molecular weight excluding hydrogens is 482 g/mol. The molecule has 1 amide bonds. The lowest BCUT2D eigenvalue weighted by Gasteiger charge is -2.21. The van der Waals surface area contributed by atoms with Crippen LogP contribution >= 0.6 is 0 Å². The Hall–Kier alpha value is -3.45. The van der Waals surface area contributed by atoms with Gasteiger partial charge >= 0.3 is 12.1 Å². The number of morpholine rings is 1. The molecule has 188 valence electrons. The summed E-state index contributed by atoms with van der Waals surface area (Å²) in [5, 5.41) is 6.06. The summed E-state index contributed by atoms with van der Waals surface area (Å²) in [4.78, 5) is 14.3. The minimum Gasteiger partial charge on any atom is -0.413 e. The van der Waals surface area contributed by atoms with Crippen molar-refractivity contribution in [3.05, 3.63) is 65.3 Å². The number of hydrogen-bond acceptors (Lipinski definition) is 6. The van der Waals surface area contributed by atoms with Gasteiger partial charge in [-0.25, -0.2) is 13.2 Å². The van der Waals surface area contributed by atoms with E-state index in [0.717, 1.165) is 49.4 Å². The Morgan fingerprint density at radius 1 is 1.03 bits per heavy atom. The number of rotatable bonds is 5. The summed E-state index contributed by atoms with van der Waals surface area (Å²) in [7, 11) is 2.11. The molecule has 0 spiro atoms. The van der Waals surface area contributed by atoms with Crippen molar-refractivity contribution in [1.82, 2.24) is 15.1 Å². The second-order valence-electron chi connectivity index (χ2n) is 7.46. The predicted molar refractivity (Wildman–Crippen MR) is 112 cm³/mol.